The van der Waals surface area contributed by atoms with E-state index in [1.807, 2.05) is 6.92 Å². The van der Waals surface area contributed by atoms with Gasteiger partial charge in [-0.1, -0.05) is 6.92 Å². The molecule has 0 bridgehead atoms. The predicted molar refractivity (Wildman–Crippen MR) is 90.6 cm³/mol. The highest BCUT2D eigenvalue weighted by molar-refractivity contribution is 7.92. The van der Waals surface area contributed by atoms with Gasteiger partial charge in [0.15, 0.2) is 11.5 Å². The van der Waals surface area contributed by atoms with E-state index in [2.05, 4.69) is 4.72 Å². The van der Waals surface area contributed by atoms with Gasteiger partial charge in [-0.15, -0.1) is 0 Å². The lowest BCUT2D eigenvalue weighted by atomic mass is 10.1. The molecule has 2 aromatic rings. The Morgan fingerprint density at radius 1 is 1.08 bits per heavy atom. The number of ether oxygens (including phenoxy) is 3. The summed E-state index contributed by atoms with van der Waals surface area (Å²) in [5.74, 6) is 1.82. The fourth-order valence-electron chi connectivity index (χ4n) is 2.52. The zero-order valence-corrected chi connectivity index (χ0v) is 14.4. The molecule has 0 fully saturated rings. The molecule has 0 spiro atoms. The number of nitrogens with one attached hydrogen (secondary N) is 1. The van der Waals surface area contributed by atoms with Gasteiger partial charge in [-0.05, 0) is 42.3 Å². The van der Waals surface area contributed by atoms with Crippen LogP contribution in [0.2, 0.25) is 0 Å². The molecule has 6 nitrogen and oxygen atoms in total. The second kappa shape index (κ2) is 6.60. The highest BCUT2D eigenvalue weighted by Gasteiger charge is 2.18. The number of rotatable bonds is 5. The monoisotopic (exact) mass is 349 g/mol. The van der Waals surface area contributed by atoms with Gasteiger partial charge < -0.3 is 14.2 Å². The van der Waals surface area contributed by atoms with Crippen molar-refractivity contribution in [2.45, 2.75) is 18.2 Å². The van der Waals surface area contributed by atoms with Crippen LogP contribution in [0.3, 0.4) is 0 Å². The molecule has 0 saturated heterocycles. The summed E-state index contributed by atoms with van der Waals surface area (Å²) < 4.78 is 43.9. The number of fused-ring (bicyclic) bond motifs is 1. The van der Waals surface area contributed by atoms with Crippen molar-refractivity contribution >= 4 is 15.7 Å². The third kappa shape index (κ3) is 3.26. The van der Waals surface area contributed by atoms with E-state index in [0.717, 1.165) is 5.56 Å². The summed E-state index contributed by atoms with van der Waals surface area (Å²) in [7, 11) is -2.13. The normalized spacial score (nSPS) is 13.4. The molecule has 1 aliphatic rings. The molecule has 3 rings (SSSR count). The lowest BCUT2D eigenvalue weighted by Gasteiger charge is -2.19. The van der Waals surface area contributed by atoms with Crippen molar-refractivity contribution in [2.24, 2.45) is 0 Å². The van der Waals surface area contributed by atoms with Crippen molar-refractivity contribution in [1.29, 1.82) is 0 Å². The molecule has 7 heteroatoms. The Kier molecular flexibility index (Phi) is 4.53. The molecular formula is C17H19NO5S. The van der Waals surface area contributed by atoms with Crippen molar-refractivity contribution in [3.8, 4) is 17.2 Å². The Morgan fingerprint density at radius 3 is 2.54 bits per heavy atom. The van der Waals surface area contributed by atoms with Gasteiger partial charge in [0.25, 0.3) is 10.0 Å². The summed E-state index contributed by atoms with van der Waals surface area (Å²) in [5.41, 5.74) is 1.26. The van der Waals surface area contributed by atoms with Crippen LogP contribution < -0.4 is 18.9 Å². The molecule has 0 atom stereocenters. The maximum Gasteiger partial charge on any atom is 0.261 e. The zero-order chi connectivity index (χ0) is 17.2. The third-order valence-electron chi connectivity index (χ3n) is 3.74. The van der Waals surface area contributed by atoms with Crippen LogP contribution in [0, 0.1) is 0 Å². The van der Waals surface area contributed by atoms with E-state index in [0.29, 0.717) is 42.6 Å². The maximum absolute atomic E-state index is 12.6. The van der Waals surface area contributed by atoms with Gasteiger partial charge in [0.05, 0.1) is 17.7 Å². The van der Waals surface area contributed by atoms with Crippen LogP contribution in [-0.4, -0.2) is 28.7 Å². The molecule has 0 unspecified atom stereocenters. The van der Waals surface area contributed by atoms with Crippen molar-refractivity contribution < 1.29 is 22.6 Å². The molecule has 0 saturated carbocycles. The highest BCUT2D eigenvalue weighted by Crippen LogP contribution is 2.33. The Balaban J connectivity index is 1.88. The van der Waals surface area contributed by atoms with Crippen LogP contribution >= 0.6 is 0 Å². The summed E-state index contributed by atoms with van der Waals surface area (Å²) in [6.07, 6.45) is 0.677. The lowest BCUT2D eigenvalue weighted by Crippen LogP contribution is -2.17. The van der Waals surface area contributed by atoms with Gasteiger partial charge in [0.1, 0.15) is 19.0 Å². The molecule has 1 heterocycles. The summed E-state index contributed by atoms with van der Waals surface area (Å²) >= 11 is 0. The Labute approximate surface area is 141 Å². The van der Waals surface area contributed by atoms with E-state index < -0.39 is 10.0 Å². The first-order chi connectivity index (χ1) is 11.5. The molecule has 24 heavy (non-hydrogen) atoms. The average molecular weight is 349 g/mol. The fourth-order valence-corrected chi connectivity index (χ4v) is 3.62. The molecular weight excluding hydrogens is 330 g/mol. The minimum atomic E-state index is -3.70. The number of aryl methyl sites for hydroxylation is 1. The maximum atomic E-state index is 12.6. The van der Waals surface area contributed by atoms with Crippen LogP contribution in [0.15, 0.2) is 41.3 Å². The summed E-state index contributed by atoms with van der Waals surface area (Å²) in [6.45, 7) is 2.88. The Morgan fingerprint density at radius 2 is 1.83 bits per heavy atom. The van der Waals surface area contributed by atoms with Gasteiger partial charge >= 0.3 is 0 Å². The molecule has 0 amide bonds. The first kappa shape index (κ1) is 16.4. The minimum absolute atomic E-state index is 0.190. The van der Waals surface area contributed by atoms with Crippen LogP contribution in [0.5, 0.6) is 17.2 Å². The summed E-state index contributed by atoms with van der Waals surface area (Å²) in [4.78, 5) is 0.190. The van der Waals surface area contributed by atoms with E-state index >= 15 is 0 Å². The average Bonchev–Trinajstić information content (AvgIpc) is 2.60. The number of sulfonamides is 1. The van der Waals surface area contributed by atoms with Crippen LogP contribution in [0.4, 0.5) is 5.69 Å². The second-order valence-corrected chi connectivity index (χ2v) is 6.97. The number of benzene rings is 2. The smallest absolute Gasteiger partial charge is 0.261 e. The van der Waals surface area contributed by atoms with E-state index in [4.69, 9.17) is 14.2 Å². The lowest BCUT2D eigenvalue weighted by molar-refractivity contribution is 0.171. The van der Waals surface area contributed by atoms with Crippen molar-refractivity contribution in [3.05, 3.63) is 42.0 Å². The standard InChI is InChI=1S/C17H19NO5S/c1-3-12-10-14(5-7-15(12)21-2)24(19,20)18-13-4-6-16-17(11-13)23-9-8-22-16/h4-7,10-11,18H,3,8-9H2,1-2H3. The second-order valence-electron chi connectivity index (χ2n) is 5.29. The zero-order valence-electron chi connectivity index (χ0n) is 13.5. The Bertz CT molecular complexity index is 848. The van der Waals surface area contributed by atoms with Crippen LogP contribution in [0.25, 0.3) is 0 Å². The molecule has 0 radical (unpaired) electrons. The summed E-state index contributed by atoms with van der Waals surface area (Å²) in [5, 5.41) is 0. The molecule has 2 aromatic carbocycles. The first-order valence-corrected chi connectivity index (χ1v) is 9.11. The molecule has 1 aliphatic heterocycles. The van der Waals surface area contributed by atoms with E-state index in [1.165, 1.54) is 6.07 Å². The van der Waals surface area contributed by atoms with Gasteiger partial charge in [-0.3, -0.25) is 4.72 Å². The first-order valence-electron chi connectivity index (χ1n) is 7.63. The molecule has 128 valence electrons. The quantitative estimate of drug-likeness (QED) is 0.898. The van der Waals surface area contributed by atoms with Gasteiger partial charge in [-0.2, -0.15) is 0 Å². The molecule has 0 aromatic heterocycles. The van der Waals surface area contributed by atoms with Crippen LogP contribution in [-0.2, 0) is 16.4 Å². The summed E-state index contributed by atoms with van der Waals surface area (Å²) in [6, 6.07) is 9.78. The number of anilines is 1. The van der Waals surface area contributed by atoms with Gasteiger partial charge in [-0.25, -0.2) is 8.42 Å². The van der Waals surface area contributed by atoms with Crippen molar-refractivity contribution in [3.63, 3.8) is 0 Å². The van der Waals surface area contributed by atoms with Crippen molar-refractivity contribution in [1.82, 2.24) is 0 Å². The SMILES string of the molecule is CCc1cc(S(=O)(=O)Nc2ccc3c(c2)OCCO3)ccc1OC. The van der Waals surface area contributed by atoms with E-state index in [9.17, 15) is 8.42 Å². The van der Waals surface area contributed by atoms with Gasteiger partial charge in [0, 0.05) is 6.07 Å². The highest BCUT2D eigenvalue weighted by atomic mass is 32.2. The topological polar surface area (TPSA) is 73.9 Å². The predicted octanol–water partition coefficient (Wildman–Crippen LogP) is 2.83. The van der Waals surface area contributed by atoms with Crippen molar-refractivity contribution in [2.75, 3.05) is 25.0 Å². The molecule has 0 aliphatic carbocycles. The third-order valence-corrected chi connectivity index (χ3v) is 5.12. The molecule has 1 N–H and O–H groups in total. The largest absolute Gasteiger partial charge is 0.496 e. The fraction of sp³-hybridized carbons (Fsp3) is 0.294. The van der Waals surface area contributed by atoms with E-state index in [-0.39, 0.29) is 4.90 Å². The van der Waals surface area contributed by atoms with E-state index in [1.54, 1.807) is 37.4 Å². The number of methoxy groups -OCH3 is 1. The van der Waals surface area contributed by atoms with Crippen LogP contribution in [0.1, 0.15) is 12.5 Å². The Hall–Kier alpha value is -2.41. The van der Waals surface area contributed by atoms with Gasteiger partial charge in [0.2, 0.25) is 0 Å². The minimum Gasteiger partial charge on any atom is -0.496 e. The number of hydrogen-bond acceptors (Lipinski definition) is 5. The number of hydrogen-bond donors (Lipinski definition) is 1.